The third-order valence-electron chi connectivity index (χ3n) is 4.52. The molecule has 0 bridgehead atoms. The van der Waals surface area contributed by atoms with E-state index in [1.54, 1.807) is 13.4 Å². The Labute approximate surface area is 146 Å². The number of ether oxygens (including phenoxy) is 3. The molecule has 2 aromatic rings. The van der Waals surface area contributed by atoms with Crippen LogP contribution in [0.3, 0.4) is 0 Å². The molecule has 4 rings (SSSR count). The maximum absolute atomic E-state index is 5.88. The number of rotatable bonds is 4. The standard InChI is InChI=1S/C18H22N4O3/c1-23-15-3-2-13-8-14(11-25-16(13)9-15)21-17-10-18(20-12-19-17)22-4-6-24-7-5-22/h2-3,9-10,12,14H,4-8,11H2,1H3,(H,19,20,21). The predicted octanol–water partition coefficient (Wildman–Crippen LogP) is 1.74. The largest absolute Gasteiger partial charge is 0.497 e. The number of methoxy groups -OCH3 is 1. The molecule has 1 N–H and O–H groups in total. The van der Waals surface area contributed by atoms with Gasteiger partial charge in [0.15, 0.2) is 0 Å². The van der Waals surface area contributed by atoms with Crippen molar-refractivity contribution in [1.29, 1.82) is 0 Å². The average Bonchev–Trinajstić information content (AvgIpc) is 2.68. The van der Waals surface area contributed by atoms with Gasteiger partial charge in [-0.3, -0.25) is 0 Å². The van der Waals surface area contributed by atoms with Gasteiger partial charge in [-0.05, 0) is 18.1 Å². The first-order valence-electron chi connectivity index (χ1n) is 8.53. The van der Waals surface area contributed by atoms with Crippen molar-refractivity contribution in [3.63, 3.8) is 0 Å². The number of anilines is 2. The minimum Gasteiger partial charge on any atom is -0.497 e. The molecule has 3 heterocycles. The van der Waals surface area contributed by atoms with Crippen molar-refractivity contribution in [1.82, 2.24) is 9.97 Å². The van der Waals surface area contributed by atoms with Crippen LogP contribution >= 0.6 is 0 Å². The zero-order valence-electron chi connectivity index (χ0n) is 14.3. The summed E-state index contributed by atoms with van der Waals surface area (Å²) in [6.45, 7) is 3.79. The molecule has 132 valence electrons. The van der Waals surface area contributed by atoms with Crippen LogP contribution in [-0.4, -0.2) is 56.0 Å². The van der Waals surface area contributed by atoms with E-state index in [1.807, 2.05) is 18.2 Å². The summed E-state index contributed by atoms with van der Waals surface area (Å²) in [6.07, 6.45) is 2.49. The molecule has 1 saturated heterocycles. The van der Waals surface area contributed by atoms with Gasteiger partial charge < -0.3 is 24.4 Å². The number of benzene rings is 1. The van der Waals surface area contributed by atoms with E-state index in [0.29, 0.717) is 6.61 Å². The molecule has 0 saturated carbocycles. The molecule has 7 heteroatoms. The van der Waals surface area contributed by atoms with Crippen LogP contribution < -0.4 is 19.7 Å². The van der Waals surface area contributed by atoms with Crippen molar-refractivity contribution in [3.05, 3.63) is 36.2 Å². The zero-order valence-corrected chi connectivity index (χ0v) is 14.3. The third-order valence-corrected chi connectivity index (χ3v) is 4.52. The van der Waals surface area contributed by atoms with Gasteiger partial charge in [0.2, 0.25) is 0 Å². The van der Waals surface area contributed by atoms with Crippen LogP contribution in [0.1, 0.15) is 5.56 Å². The molecule has 0 amide bonds. The fraction of sp³-hybridized carbons (Fsp3) is 0.444. The van der Waals surface area contributed by atoms with E-state index >= 15 is 0 Å². The molecular weight excluding hydrogens is 320 g/mol. The Morgan fingerprint density at radius 1 is 1.20 bits per heavy atom. The number of aromatic nitrogens is 2. The lowest BCUT2D eigenvalue weighted by atomic mass is 10.0. The Kier molecular flexibility index (Phi) is 4.56. The Hall–Kier alpha value is -2.54. The van der Waals surface area contributed by atoms with Crippen LogP contribution in [0.5, 0.6) is 11.5 Å². The van der Waals surface area contributed by atoms with Crippen molar-refractivity contribution in [3.8, 4) is 11.5 Å². The van der Waals surface area contributed by atoms with E-state index in [4.69, 9.17) is 14.2 Å². The average molecular weight is 342 g/mol. The lowest BCUT2D eigenvalue weighted by molar-refractivity contribution is 0.122. The fourth-order valence-electron chi connectivity index (χ4n) is 3.17. The van der Waals surface area contributed by atoms with Gasteiger partial charge in [0.25, 0.3) is 0 Å². The molecule has 25 heavy (non-hydrogen) atoms. The second-order valence-corrected chi connectivity index (χ2v) is 6.19. The highest BCUT2D eigenvalue weighted by atomic mass is 16.5. The Morgan fingerprint density at radius 3 is 2.92 bits per heavy atom. The van der Waals surface area contributed by atoms with Crippen molar-refractivity contribution in [2.45, 2.75) is 12.5 Å². The predicted molar refractivity (Wildman–Crippen MR) is 94.7 cm³/mol. The van der Waals surface area contributed by atoms with Crippen LogP contribution in [-0.2, 0) is 11.2 Å². The number of nitrogens with one attached hydrogen (secondary N) is 1. The summed E-state index contributed by atoms with van der Waals surface area (Å²) in [5.74, 6) is 3.47. The number of fused-ring (bicyclic) bond motifs is 1. The van der Waals surface area contributed by atoms with Gasteiger partial charge >= 0.3 is 0 Å². The van der Waals surface area contributed by atoms with E-state index in [-0.39, 0.29) is 6.04 Å². The molecule has 7 nitrogen and oxygen atoms in total. The van der Waals surface area contributed by atoms with Crippen LogP contribution in [0.25, 0.3) is 0 Å². The number of nitrogens with zero attached hydrogens (tertiary/aromatic N) is 3. The van der Waals surface area contributed by atoms with Gasteiger partial charge in [0, 0.05) is 25.2 Å². The van der Waals surface area contributed by atoms with E-state index in [0.717, 1.165) is 55.9 Å². The fourth-order valence-corrected chi connectivity index (χ4v) is 3.17. The lowest BCUT2D eigenvalue weighted by Crippen LogP contribution is -2.37. The minimum absolute atomic E-state index is 0.174. The summed E-state index contributed by atoms with van der Waals surface area (Å²) >= 11 is 0. The van der Waals surface area contributed by atoms with Crippen molar-refractivity contribution >= 4 is 11.6 Å². The highest BCUT2D eigenvalue weighted by Crippen LogP contribution is 2.30. The number of hydrogen-bond acceptors (Lipinski definition) is 7. The van der Waals surface area contributed by atoms with Crippen LogP contribution in [0.15, 0.2) is 30.6 Å². The lowest BCUT2D eigenvalue weighted by Gasteiger charge is -2.29. The zero-order chi connectivity index (χ0) is 17.1. The SMILES string of the molecule is COc1ccc2c(c1)OCC(Nc1cc(N3CCOCC3)ncn1)C2. The van der Waals surface area contributed by atoms with Crippen molar-refractivity contribution in [2.75, 3.05) is 50.2 Å². The summed E-state index contributed by atoms with van der Waals surface area (Å²) in [5, 5.41) is 3.46. The van der Waals surface area contributed by atoms with Crippen LogP contribution in [0.2, 0.25) is 0 Å². The minimum atomic E-state index is 0.174. The molecule has 0 radical (unpaired) electrons. The van der Waals surface area contributed by atoms with E-state index in [2.05, 4.69) is 26.3 Å². The van der Waals surface area contributed by atoms with Gasteiger partial charge in [-0.15, -0.1) is 0 Å². The first kappa shape index (κ1) is 16.0. The summed E-state index contributed by atoms with van der Waals surface area (Å²) in [4.78, 5) is 11.0. The van der Waals surface area contributed by atoms with Crippen LogP contribution in [0.4, 0.5) is 11.6 Å². The van der Waals surface area contributed by atoms with Gasteiger partial charge in [0.1, 0.15) is 36.1 Å². The molecular formula is C18H22N4O3. The highest BCUT2D eigenvalue weighted by molar-refractivity contribution is 5.50. The quantitative estimate of drug-likeness (QED) is 0.907. The first-order chi connectivity index (χ1) is 12.3. The Bertz CT molecular complexity index is 734. The van der Waals surface area contributed by atoms with Gasteiger partial charge in [-0.1, -0.05) is 6.07 Å². The third kappa shape index (κ3) is 3.61. The van der Waals surface area contributed by atoms with Crippen LogP contribution in [0, 0.1) is 0 Å². The molecule has 1 aromatic heterocycles. The monoisotopic (exact) mass is 342 g/mol. The smallest absolute Gasteiger partial charge is 0.134 e. The second-order valence-electron chi connectivity index (χ2n) is 6.19. The molecule has 1 aromatic carbocycles. The summed E-state index contributed by atoms with van der Waals surface area (Å²) < 4.78 is 16.5. The van der Waals surface area contributed by atoms with Gasteiger partial charge in [-0.2, -0.15) is 0 Å². The van der Waals surface area contributed by atoms with Gasteiger partial charge in [-0.25, -0.2) is 9.97 Å². The molecule has 0 spiro atoms. The molecule has 2 aliphatic heterocycles. The van der Waals surface area contributed by atoms with E-state index in [9.17, 15) is 0 Å². The molecule has 2 aliphatic rings. The maximum Gasteiger partial charge on any atom is 0.134 e. The highest BCUT2D eigenvalue weighted by Gasteiger charge is 2.21. The maximum atomic E-state index is 5.88. The molecule has 0 aliphatic carbocycles. The first-order valence-corrected chi connectivity index (χ1v) is 8.53. The van der Waals surface area contributed by atoms with E-state index < -0.39 is 0 Å². The molecule has 1 atom stereocenters. The number of hydrogen-bond donors (Lipinski definition) is 1. The number of morpholine rings is 1. The normalized spacial score (nSPS) is 19.7. The summed E-state index contributed by atoms with van der Waals surface area (Å²) in [6, 6.07) is 8.13. The Morgan fingerprint density at radius 2 is 2.08 bits per heavy atom. The molecule has 1 fully saturated rings. The van der Waals surface area contributed by atoms with Gasteiger partial charge in [0.05, 0.1) is 26.4 Å². The molecule has 1 unspecified atom stereocenters. The van der Waals surface area contributed by atoms with E-state index in [1.165, 1.54) is 5.56 Å². The summed E-state index contributed by atoms with van der Waals surface area (Å²) in [5.41, 5.74) is 1.17. The Balaban J connectivity index is 1.44. The van der Waals surface area contributed by atoms with Crippen molar-refractivity contribution in [2.24, 2.45) is 0 Å². The topological polar surface area (TPSA) is 68.7 Å². The summed E-state index contributed by atoms with van der Waals surface area (Å²) in [7, 11) is 1.66. The second kappa shape index (κ2) is 7.14. The van der Waals surface area contributed by atoms with Crippen molar-refractivity contribution < 1.29 is 14.2 Å².